The van der Waals surface area contributed by atoms with E-state index >= 15 is 0 Å². The van der Waals surface area contributed by atoms with E-state index in [1.54, 1.807) is 0 Å². The Morgan fingerprint density at radius 2 is 0.900 bits per heavy atom. The highest BCUT2D eigenvalue weighted by Crippen LogP contribution is 2.34. The minimum absolute atomic E-state index is 0.0873. The molecular weight excluding hydrogens is 501 g/mol. The van der Waals surface area contributed by atoms with Crippen LogP contribution in [0.5, 0.6) is 0 Å². The molecular formula is C38H38OSi. The lowest BCUT2D eigenvalue weighted by Crippen LogP contribution is -2.69. The molecule has 0 aliphatic heterocycles. The second kappa shape index (κ2) is 12.4. The number of hydrogen-bond acceptors (Lipinski definition) is 1. The van der Waals surface area contributed by atoms with Crippen LogP contribution in [0.4, 0.5) is 0 Å². The number of benzene rings is 5. The molecule has 0 spiro atoms. The van der Waals surface area contributed by atoms with Crippen LogP contribution in [0.15, 0.2) is 157 Å². The summed E-state index contributed by atoms with van der Waals surface area (Å²) < 4.78 is 7.78. The van der Waals surface area contributed by atoms with Gasteiger partial charge in [-0.1, -0.05) is 172 Å². The van der Waals surface area contributed by atoms with E-state index in [1.165, 1.54) is 26.7 Å². The fourth-order valence-corrected chi connectivity index (χ4v) is 9.39. The lowest BCUT2D eigenvalue weighted by atomic mass is 9.84. The maximum Gasteiger partial charge on any atom is 0.346 e. The second-order valence-corrected chi connectivity index (χ2v) is 14.9. The third-order valence-corrected chi connectivity index (χ3v) is 11.1. The largest absolute Gasteiger partial charge is 0.530 e. The zero-order chi connectivity index (χ0) is 27.8. The van der Waals surface area contributed by atoms with Crippen molar-refractivity contribution in [1.82, 2.24) is 0 Å². The first kappa shape index (κ1) is 27.4. The first-order valence-electron chi connectivity index (χ1n) is 14.1. The summed E-state index contributed by atoms with van der Waals surface area (Å²) in [5.74, 6) is 1.00. The van der Waals surface area contributed by atoms with E-state index < -0.39 is 8.32 Å². The van der Waals surface area contributed by atoms with Gasteiger partial charge < -0.3 is 4.43 Å². The van der Waals surface area contributed by atoms with E-state index in [1.807, 2.05) is 0 Å². The van der Waals surface area contributed by atoms with Crippen molar-refractivity contribution in [2.24, 2.45) is 5.41 Å². The zero-order valence-corrected chi connectivity index (χ0v) is 24.8. The molecule has 0 aliphatic rings. The Hall–Kier alpha value is -4.14. The van der Waals surface area contributed by atoms with Crippen molar-refractivity contribution in [2.75, 3.05) is 0 Å². The Balaban J connectivity index is 1.82. The molecule has 0 atom stereocenters. The standard InChI is InChI=1S/C38H38OSi/c1-38(2,3)30-33(29-31-19-9-4-10-20-31)37(32-21-11-5-12-22-32)39-40(34-23-13-6-14-24-34,35-25-15-7-16-26-35)36-27-17-8-18-28-36/h4-28H,29-30H2,1-3H3/b37-33-. The summed E-state index contributed by atoms with van der Waals surface area (Å²) >= 11 is 0. The smallest absolute Gasteiger partial charge is 0.346 e. The van der Waals surface area contributed by atoms with Gasteiger partial charge in [-0.25, -0.2) is 0 Å². The number of rotatable bonds is 9. The lowest BCUT2D eigenvalue weighted by molar-refractivity contribution is 0.400. The summed E-state index contributed by atoms with van der Waals surface area (Å²) in [6.45, 7) is 6.95. The Bertz CT molecular complexity index is 1410. The van der Waals surface area contributed by atoms with Gasteiger partial charge in [-0.2, -0.15) is 0 Å². The van der Waals surface area contributed by atoms with Crippen molar-refractivity contribution in [1.29, 1.82) is 0 Å². The molecule has 0 amide bonds. The predicted molar refractivity (Wildman–Crippen MR) is 173 cm³/mol. The minimum atomic E-state index is -2.98. The summed E-state index contributed by atoms with van der Waals surface area (Å²) in [4.78, 5) is 0. The SMILES string of the molecule is CC(C)(C)C/C(Cc1ccccc1)=C(\O[Si](c1ccccc1)(c1ccccc1)c1ccccc1)c1ccccc1. The molecule has 0 aliphatic carbocycles. The van der Waals surface area contributed by atoms with Gasteiger partial charge in [0.15, 0.2) is 0 Å². The van der Waals surface area contributed by atoms with E-state index in [0.29, 0.717) is 0 Å². The maximum atomic E-state index is 7.78. The predicted octanol–water partition coefficient (Wildman–Crippen LogP) is 7.76. The molecule has 5 aromatic carbocycles. The van der Waals surface area contributed by atoms with Gasteiger partial charge in [0, 0.05) is 5.56 Å². The van der Waals surface area contributed by atoms with Gasteiger partial charge >= 0.3 is 8.32 Å². The monoisotopic (exact) mass is 538 g/mol. The highest BCUT2D eigenvalue weighted by Gasteiger charge is 2.45. The van der Waals surface area contributed by atoms with Crippen molar-refractivity contribution in [3.05, 3.63) is 168 Å². The molecule has 1 nitrogen and oxygen atoms in total. The van der Waals surface area contributed by atoms with E-state index in [2.05, 4.69) is 172 Å². The molecule has 2 heteroatoms. The normalized spacial score (nSPS) is 12.5. The molecule has 40 heavy (non-hydrogen) atoms. The molecule has 0 radical (unpaired) electrons. The van der Waals surface area contributed by atoms with Gasteiger partial charge in [0.1, 0.15) is 5.76 Å². The summed E-state index contributed by atoms with van der Waals surface area (Å²) in [5.41, 5.74) is 3.83. The van der Waals surface area contributed by atoms with E-state index in [4.69, 9.17) is 4.43 Å². The highest BCUT2D eigenvalue weighted by molar-refractivity contribution is 7.07. The van der Waals surface area contributed by atoms with Gasteiger partial charge in [-0.3, -0.25) is 0 Å². The van der Waals surface area contributed by atoms with Crippen LogP contribution in [0.1, 0.15) is 38.3 Å². The minimum Gasteiger partial charge on any atom is -0.530 e. The Kier molecular flexibility index (Phi) is 8.47. The second-order valence-electron chi connectivity index (χ2n) is 11.6. The quantitative estimate of drug-likeness (QED) is 0.106. The van der Waals surface area contributed by atoms with Crippen molar-refractivity contribution in [3.63, 3.8) is 0 Å². The Morgan fingerprint density at radius 3 is 1.30 bits per heavy atom. The van der Waals surface area contributed by atoms with Crippen molar-refractivity contribution < 1.29 is 4.43 Å². The average molecular weight is 539 g/mol. The van der Waals surface area contributed by atoms with Gasteiger partial charge in [0.25, 0.3) is 0 Å². The van der Waals surface area contributed by atoms with Crippen LogP contribution in [-0.4, -0.2) is 8.32 Å². The molecule has 0 saturated heterocycles. The molecule has 0 saturated carbocycles. The summed E-state index contributed by atoms with van der Waals surface area (Å²) in [6, 6.07) is 54.1. The van der Waals surface area contributed by atoms with Crippen LogP contribution < -0.4 is 15.6 Å². The molecule has 0 unspecified atom stereocenters. The van der Waals surface area contributed by atoms with E-state index in [-0.39, 0.29) is 5.41 Å². The highest BCUT2D eigenvalue weighted by atomic mass is 28.4. The molecule has 0 N–H and O–H groups in total. The Labute approximate surface area is 241 Å². The third-order valence-electron chi connectivity index (χ3n) is 7.16. The van der Waals surface area contributed by atoms with E-state index in [9.17, 15) is 0 Å². The molecule has 0 fully saturated rings. The molecule has 0 bridgehead atoms. The third kappa shape index (κ3) is 6.35. The molecule has 5 aromatic rings. The van der Waals surface area contributed by atoms with Crippen LogP contribution in [-0.2, 0) is 10.8 Å². The summed E-state index contributed by atoms with van der Waals surface area (Å²) in [5, 5.41) is 3.70. The lowest BCUT2D eigenvalue weighted by Gasteiger charge is -2.36. The van der Waals surface area contributed by atoms with Gasteiger partial charge in [-0.05, 0) is 45.0 Å². The van der Waals surface area contributed by atoms with Crippen molar-refractivity contribution in [2.45, 2.75) is 33.6 Å². The van der Waals surface area contributed by atoms with Crippen LogP contribution in [0.25, 0.3) is 5.76 Å². The van der Waals surface area contributed by atoms with Crippen LogP contribution in [0, 0.1) is 5.41 Å². The van der Waals surface area contributed by atoms with Crippen molar-refractivity contribution >= 4 is 29.6 Å². The van der Waals surface area contributed by atoms with Gasteiger partial charge in [0.2, 0.25) is 0 Å². The summed E-state index contributed by atoms with van der Waals surface area (Å²) in [6.07, 6.45) is 1.76. The molecule has 0 aromatic heterocycles. The molecule has 5 rings (SSSR count). The maximum absolute atomic E-state index is 7.78. The molecule has 200 valence electrons. The average Bonchev–Trinajstić information content (AvgIpc) is 2.99. The van der Waals surface area contributed by atoms with Crippen LogP contribution in [0.2, 0.25) is 0 Å². The first-order valence-corrected chi connectivity index (χ1v) is 16.0. The Morgan fingerprint density at radius 1 is 0.525 bits per heavy atom. The van der Waals surface area contributed by atoms with Crippen LogP contribution in [0.3, 0.4) is 0 Å². The van der Waals surface area contributed by atoms with Gasteiger partial charge in [-0.15, -0.1) is 0 Å². The fourth-order valence-electron chi connectivity index (χ4n) is 5.48. The summed E-state index contributed by atoms with van der Waals surface area (Å²) in [7, 11) is -2.98. The number of allylic oxidation sites excluding steroid dienone is 1. The molecule has 0 heterocycles. The fraction of sp³-hybridized carbons (Fsp3) is 0.158. The van der Waals surface area contributed by atoms with Gasteiger partial charge in [0.05, 0.1) is 0 Å². The first-order chi connectivity index (χ1) is 19.5. The van der Waals surface area contributed by atoms with E-state index in [0.717, 1.165) is 24.2 Å². The zero-order valence-electron chi connectivity index (χ0n) is 23.8. The van der Waals surface area contributed by atoms with Crippen LogP contribution >= 0.6 is 0 Å². The number of hydrogen-bond donors (Lipinski definition) is 0. The topological polar surface area (TPSA) is 9.23 Å². The van der Waals surface area contributed by atoms with Crippen molar-refractivity contribution in [3.8, 4) is 0 Å².